The SMILES string of the molecule is CC(=O)C1=C(O)C(=O)N(c2cc(Cl)c(=O)n(C)c2)C1c1ccc(Cl)cc1. The molecule has 0 radical (unpaired) electrons. The molecule has 0 fully saturated rings. The van der Waals surface area contributed by atoms with E-state index in [4.69, 9.17) is 23.2 Å². The van der Waals surface area contributed by atoms with Crippen LogP contribution in [0.15, 0.2) is 52.7 Å². The van der Waals surface area contributed by atoms with E-state index in [1.165, 1.54) is 35.7 Å². The first-order valence-corrected chi connectivity index (χ1v) is 8.37. The number of ketones is 1. The summed E-state index contributed by atoms with van der Waals surface area (Å²) in [5, 5.41) is 10.7. The van der Waals surface area contributed by atoms with Crippen LogP contribution in [0.5, 0.6) is 0 Å². The number of amides is 1. The van der Waals surface area contributed by atoms with Crippen molar-refractivity contribution in [3.05, 3.63) is 73.8 Å². The van der Waals surface area contributed by atoms with Gasteiger partial charge in [0.1, 0.15) is 5.02 Å². The Morgan fingerprint density at radius 3 is 2.31 bits per heavy atom. The fourth-order valence-corrected chi connectivity index (χ4v) is 3.35. The summed E-state index contributed by atoms with van der Waals surface area (Å²) in [6, 6.07) is 7.06. The Morgan fingerprint density at radius 1 is 1.15 bits per heavy atom. The predicted octanol–water partition coefficient (Wildman–Crippen LogP) is 3.18. The summed E-state index contributed by atoms with van der Waals surface area (Å²) < 4.78 is 1.23. The predicted molar refractivity (Wildman–Crippen MR) is 98.7 cm³/mol. The Kier molecular flexibility index (Phi) is 4.64. The van der Waals surface area contributed by atoms with Gasteiger partial charge in [0.2, 0.25) is 0 Å². The van der Waals surface area contributed by atoms with Crippen molar-refractivity contribution in [3.63, 3.8) is 0 Å². The van der Waals surface area contributed by atoms with Crippen molar-refractivity contribution in [2.75, 3.05) is 4.90 Å². The second-order valence-electron chi connectivity index (χ2n) is 5.91. The molecule has 1 aliphatic rings. The number of halogens is 2. The Morgan fingerprint density at radius 2 is 1.77 bits per heavy atom. The Bertz CT molecular complexity index is 983. The number of aliphatic hydroxyl groups excluding tert-OH is 1. The molecule has 0 spiro atoms. The van der Waals surface area contributed by atoms with Gasteiger partial charge in [0.25, 0.3) is 11.5 Å². The number of carbonyl (C=O) groups is 2. The average molecular weight is 393 g/mol. The maximum absolute atomic E-state index is 12.7. The van der Waals surface area contributed by atoms with Crippen LogP contribution in [-0.4, -0.2) is 21.4 Å². The molecule has 1 amide bonds. The Labute approximate surface area is 158 Å². The van der Waals surface area contributed by atoms with Gasteiger partial charge < -0.3 is 9.67 Å². The van der Waals surface area contributed by atoms with E-state index in [1.54, 1.807) is 24.3 Å². The van der Waals surface area contributed by atoms with Gasteiger partial charge in [0, 0.05) is 18.3 Å². The highest BCUT2D eigenvalue weighted by Crippen LogP contribution is 2.41. The van der Waals surface area contributed by atoms with E-state index in [-0.39, 0.29) is 16.3 Å². The van der Waals surface area contributed by atoms with Gasteiger partial charge in [0.15, 0.2) is 11.5 Å². The molecule has 0 aliphatic carbocycles. The quantitative estimate of drug-likeness (QED) is 0.869. The van der Waals surface area contributed by atoms with Crippen LogP contribution < -0.4 is 10.5 Å². The van der Waals surface area contributed by atoms with Gasteiger partial charge in [-0.05, 0) is 30.7 Å². The number of nitrogens with zero attached hydrogens (tertiary/aromatic N) is 2. The maximum Gasteiger partial charge on any atom is 0.294 e. The number of hydrogen-bond acceptors (Lipinski definition) is 4. The van der Waals surface area contributed by atoms with Crippen molar-refractivity contribution >= 4 is 40.6 Å². The molecule has 26 heavy (non-hydrogen) atoms. The van der Waals surface area contributed by atoms with Gasteiger partial charge in [-0.1, -0.05) is 35.3 Å². The molecule has 0 saturated heterocycles. The van der Waals surface area contributed by atoms with E-state index in [1.807, 2.05) is 0 Å². The van der Waals surface area contributed by atoms with E-state index in [0.29, 0.717) is 10.6 Å². The van der Waals surface area contributed by atoms with Crippen molar-refractivity contribution in [3.8, 4) is 0 Å². The zero-order chi connectivity index (χ0) is 19.2. The van der Waals surface area contributed by atoms with E-state index >= 15 is 0 Å². The molecule has 0 saturated carbocycles. The van der Waals surface area contributed by atoms with Gasteiger partial charge in [-0.15, -0.1) is 0 Å². The largest absolute Gasteiger partial charge is 0.503 e. The highest BCUT2D eigenvalue weighted by molar-refractivity contribution is 6.31. The van der Waals surface area contributed by atoms with Crippen molar-refractivity contribution in [1.82, 2.24) is 4.57 Å². The zero-order valence-corrected chi connectivity index (χ0v) is 15.4. The minimum absolute atomic E-state index is 0.0257. The third-order valence-corrected chi connectivity index (χ3v) is 4.70. The van der Waals surface area contributed by atoms with E-state index in [0.717, 1.165) is 0 Å². The molecule has 6 nitrogen and oxygen atoms in total. The molecule has 1 N–H and O–H groups in total. The summed E-state index contributed by atoms with van der Waals surface area (Å²) in [5.41, 5.74) is 0.420. The normalized spacial score (nSPS) is 17.2. The number of aromatic nitrogens is 1. The Hall–Kier alpha value is -2.57. The van der Waals surface area contributed by atoms with Crippen molar-refractivity contribution in [2.45, 2.75) is 13.0 Å². The molecular formula is C18H14Cl2N2O4. The minimum atomic E-state index is -0.856. The molecule has 1 aromatic carbocycles. The first-order chi connectivity index (χ1) is 12.2. The molecule has 1 atom stereocenters. The van der Waals surface area contributed by atoms with Gasteiger partial charge >= 0.3 is 0 Å². The molecule has 1 aromatic heterocycles. The van der Waals surface area contributed by atoms with E-state index in [2.05, 4.69) is 0 Å². The molecule has 1 aliphatic heterocycles. The number of aryl methyl sites for hydroxylation is 1. The third kappa shape index (κ3) is 2.91. The van der Waals surface area contributed by atoms with E-state index in [9.17, 15) is 19.5 Å². The number of hydrogen-bond donors (Lipinski definition) is 1. The van der Waals surface area contributed by atoms with Gasteiger partial charge in [-0.2, -0.15) is 0 Å². The minimum Gasteiger partial charge on any atom is -0.503 e. The molecule has 3 rings (SSSR count). The molecule has 0 bridgehead atoms. The second-order valence-corrected chi connectivity index (χ2v) is 6.75. The average Bonchev–Trinajstić information content (AvgIpc) is 2.84. The number of anilines is 1. The van der Waals surface area contributed by atoms with Crippen molar-refractivity contribution in [1.29, 1.82) is 0 Å². The lowest BCUT2D eigenvalue weighted by Crippen LogP contribution is -2.32. The summed E-state index contributed by atoms with van der Waals surface area (Å²) in [5.74, 6) is -1.80. The highest BCUT2D eigenvalue weighted by Gasteiger charge is 2.43. The number of pyridine rings is 1. The van der Waals surface area contributed by atoms with Crippen LogP contribution in [0.2, 0.25) is 10.0 Å². The smallest absolute Gasteiger partial charge is 0.294 e. The van der Waals surface area contributed by atoms with Gasteiger partial charge in [-0.3, -0.25) is 19.3 Å². The van der Waals surface area contributed by atoms with Crippen LogP contribution in [0.4, 0.5) is 5.69 Å². The van der Waals surface area contributed by atoms with Crippen LogP contribution in [0.25, 0.3) is 0 Å². The lowest BCUT2D eigenvalue weighted by Gasteiger charge is -2.27. The van der Waals surface area contributed by atoms with Crippen LogP contribution in [0.3, 0.4) is 0 Å². The van der Waals surface area contributed by atoms with Crippen LogP contribution >= 0.6 is 23.2 Å². The topological polar surface area (TPSA) is 79.6 Å². The summed E-state index contributed by atoms with van der Waals surface area (Å²) >= 11 is 11.9. The van der Waals surface area contributed by atoms with Crippen LogP contribution in [0.1, 0.15) is 18.5 Å². The Balaban J connectivity index is 2.23. The standard InChI is InChI=1S/C18H14Cl2N2O4/c1-9(23)14-15(10-3-5-11(19)6-4-10)22(18(26)16(14)24)12-7-13(20)17(25)21(2)8-12/h3-8,15,24H,1-2H3. The number of aliphatic hydroxyl groups is 1. The molecule has 2 aromatic rings. The van der Waals surface area contributed by atoms with Crippen LogP contribution in [0, 0.1) is 0 Å². The summed E-state index contributed by atoms with van der Waals surface area (Å²) in [7, 11) is 1.49. The monoisotopic (exact) mass is 392 g/mol. The molecule has 1 unspecified atom stereocenters. The van der Waals surface area contributed by atoms with Gasteiger partial charge in [-0.25, -0.2) is 0 Å². The van der Waals surface area contributed by atoms with Crippen LogP contribution in [-0.2, 0) is 16.6 Å². The summed E-state index contributed by atoms with van der Waals surface area (Å²) in [6.07, 6.45) is 1.42. The zero-order valence-electron chi connectivity index (χ0n) is 13.9. The number of Topliss-reactive ketones (excluding diaryl/α,β-unsaturated/α-hetero) is 1. The number of rotatable bonds is 3. The van der Waals surface area contributed by atoms with Crippen molar-refractivity contribution in [2.24, 2.45) is 7.05 Å². The fourth-order valence-electron chi connectivity index (χ4n) is 2.98. The third-order valence-electron chi connectivity index (χ3n) is 4.18. The first kappa shape index (κ1) is 18.2. The first-order valence-electron chi connectivity index (χ1n) is 7.61. The lowest BCUT2D eigenvalue weighted by molar-refractivity contribution is -0.117. The number of carbonyl (C=O) groups excluding carboxylic acids is 2. The van der Waals surface area contributed by atoms with E-state index < -0.39 is 29.1 Å². The second kappa shape index (κ2) is 6.63. The molecular weight excluding hydrogens is 379 g/mol. The maximum atomic E-state index is 12.7. The highest BCUT2D eigenvalue weighted by atomic mass is 35.5. The molecule has 8 heteroatoms. The van der Waals surface area contributed by atoms with Gasteiger partial charge in [0.05, 0.1) is 17.3 Å². The molecule has 2 heterocycles. The summed E-state index contributed by atoms with van der Waals surface area (Å²) in [6.45, 7) is 1.28. The summed E-state index contributed by atoms with van der Waals surface area (Å²) in [4.78, 5) is 37.9. The molecule has 134 valence electrons. The fraction of sp³-hybridized carbons (Fsp3) is 0.167. The lowest BCUT2D eigenvalue weighted by atomic mass is 9.96. The number of benzene rings is 1. The van der Waals surface area contributed by atoms with Crippen molar-refractivity contribution < 1.29 is 14.7 Å².